The first-order valence-corrected chi connectivity index (χ1v) is 11.1. The molecule has 0 fully saturated rings. The summed E-state index contributed by atoms with van der Waals surface area (Å²) in [6.45, 7) is 9.49. The number of carbonyl (C=O) groups excluding carboxylic acids is 1. The molecule has 11 heteroatoms. The van der Waals surface area contributed by atoms with Gasteiger partial charge in [0.2, 0.25) is 6.29 Å². The van der Waals surface area contributed by atoms with Gasteiger partial charge in [-0.1, -0.05) is 56.6 Å². The number of aromatic nitrogens is 2. The Labute approximate surface area is 207 Å². The Hall–Kier alpha value is -3.19. The lowest BCUT2D eigenvalue weighted by molar-refractivity contribution is -0.171. The van der Waals surface area contributed by atoms with Crippen LogP contribution in [0.15, 0.2) is 24.3 Å². The monoisotopic (exact) mass is 513 g/mol. The number of allylic oxidation sites excluding steroid dienone is 1. The minimum Gasteiger partial charge on any atom is -0.451 e. The number of hydrogen-bond acceptors (Lipinski definition) is 6. The number of benzene rings is 1. The maximum Gasteiger partial charge on any atom is 0.511 e. The molecule has 0 aliphatic carbocycles. The molecule has 190 valence electrons. The maximum absolute atomic E-state index is 12.3. The molecule has 0 saturated heterocycles. The standard InChI is InChI=1S/C24H27ClF3N3O4/c1-7-31-20(19(25)14(2)30-31)21(34-15(3)35-22(32)33-13-24(26,27)28)18(12-29)16-8-10-17(11-9-16)23(4,5)6/h8-11,15H,7,13H2,1-6H3/b21-18-. The molecule has 1 atom stereocenters. The normalized spacial score (nSPS) is 13.5. The van der Waals surface area contributed by atoms with E-state index >= 15 is 0 Å². The lowest BCUT2D eigenvalue weighted by Crippen LogP contribution is -2.24. The van der Waals surface area contributed by atoms with Crippen molar-refractivity contribution in [3.8, 4) is 6.07 Å². The molecule has 35 heavy (non-hydrogen) atoms. The van der Waals surface area contributed by atoms with Crippen molar-refractivity contribution in [2.75, 3.05) is 6.61 Å². The fourth-order valence-corrected chi connectivity index (χ4v) is 3.34. The van der Waals surface area contributed by atoms with Gasteiger partial charge in [-0.15, -0.1) is 0 Å². The molecular weight excluding hydrogens is 487 g/mol. The summed E-state index contributed by atoms with van der Waals surface area (Å²) >= 11 is 6.49. The molecule has 1 aromatic heterocycles. The minimum absolute atomic E-state index is 0.0421. The van der Waals surface area contributed by atoms with Crippen molar-refractivity contribution in [3.63, 3.8) is 0 Å². The van der Waals surface area contributed by atoms with Crippen molar-refractivity contribution in [2.24, 2.45) is 0 Å². The van der Waals surface area contributed by atoms with E-state index in [9.17, 15) is 23.2 Å². The molecular formula is C24H27ClF3N3O4. The third-order valence-corrected chi connectivity index (χ3v) is 5.30. The van der Waals surface area contributed by atoms with Crippen molar-refractivity contribution in [1.82, 2.24) is 9.78 Å². The van der Waals surface area contributed by atoms with Crippen LogP contribution in [0.25, 0.3) is 11.3 Å². The molecule has 0 aliphatic rings. The lowest BCUT2D eigenvalue weighted by Gasteiger charge is -2.21. The first-order valence-electron chi connectivity index (χ1n) is 10.7. The molecule has 7 nitrogen and oxygen atoms in total. The summed E-state index contributed by atoms with van der Waals surface area (Å²) in [6.07, 6.45) is -7.70. The van der Waals surface area contributed by atoms with Crippen LogP contribution in [0, 0.1) is 18.3 Å². The Bertz CT molecular complexity index is 1130. The molecule has 2 aromatic rings. The molecule has 0 N–H and O–H groups in total. The van der Waals surface area contributed by atoms with E-state index in [1.807, 2.05) is 19.1 Å². The van der Waals surface area contributed by atoms with Gasteiger partial charge in [-0.3, -0.25) is 4.68 Å². The quantitative estimate of drug-likeness (QED) is 0.179. The van der Waals surface area contributed by atoms with Crippen LogP contribution < -0.4 is 0 Å². The number of hydrogen-bond donors (Lipinski definition) is 0. The Kier molecular flexibility index (Phi) is 8.84. The maximum atomic E-state index is 12.3. The highest BCUT2D eigenvalue weighted by Gasteiger charge is 2.31. The summed E-state index contributed by atoms with van der Waals surface area (Å²) in [4.78, 5) is 11.7. The summed E-state index contributed by atoms with van der Waals surface area (Å²) in [5.41, 5.74) is 2.23. The Morgan fingerprint density at radius 3 is 2.29 bits per heavy atom. The highest BCUT2D eigenvalue weighted by molar-refractivity contribution is 6.33. The van der Waals surface area contributed by atoms with Crippen LogP contribution in [-0.4, -0.2) is 35.0 Å². The molecule has 2 rings (SSSR count). The van der Waals surface area contributed by atoms with Crippen molar-refractivity contribution >= 4 is 29.1 Å². The molecule has 0 spiro atoms. The van der Waals surface area contributed by atoms with Gasteiger partial charge in [-0.05, 0) is 30.4 Å². The fourth-order valence-electron chi connectivity index (χ4n) is 3.12. The number of rotatable bonds is 7. The number of ether oxygens (including phenoxy) is 3. The summed E-state index contributed by atoms with van der Waals surface area (Å²) < 4.78 is 53.2. The minimum atomic E-state index is -4.71. The van der Waals surface area contributed by atoms with Crippen LogP contribution in [0.2, 0.25) is 5.02 Å². The number of nitriles is 1. The van der Waals surface area contributed by atoms with Crippen LogP contribution in [0.4, 0.5) is 18.0 Å². The second-order valence-electron chi connectivity index (χ2n) is 8.66. The Morgan fingerprint density at radius 2 is 1.80 bits per heavy atom. The largest absolute Gasteiger partial charge is 0.511 e. The second-order valence-corrected chi connectivity index (χ2v) is 9.04. The highest BCUT2D eigenvalue weighted by Crippen LogP contribution is 2.35. The van der Waals surface area contributed by atoms with Crippen LogP contribution in [0.1, 0.15) is 57.1 Å². The van der Waals surface area contributed by atoms with E-state index in [1.165, 1.54) is 11.6 Å². The highest BCUT2D eigenvalue weighted by atomic mass is 35.5. The topological polar surface area (TPSA) is 86.4 Å². The van der Waals surface area contributed by atoms with Gasteiger partial charge in [0.25, 0.3) is 0 Å². The SMILES string of the molecule is CCn1nc(C)c(Cl)c1/C(OC(C)OC(=O)OCC(F)(F)F)=C(\C#N)c1ccc(C(C)(C)C)cc1. The fraction of sp³-hybridized carbons (Fsp3) is 0.458. The smallest absolute Gasteiger partial charge is 0.451 e. The summed E-state index contributed by atoms with van der Waals surface area (Å²) in [7, 11) is 0. The first kappa shape index (κ1) is 28.1. The number of alkyl halides is 3. The van der Waals surface area contributed by atoms with E-state index in [0.717, 1.165) is 5.56 Å². The zero-order valence-electron chi connectivity index (χ0n) is 20.3. The van der Waals surface area contributed by atoms with E-state index in [4.69, 9.17) is 21.1 Å². The van der Waals surface area contributed by atoms with Crippen molar-refractivity contribution in [2.45, 2.75) is 66.0 Å². The van der Waals surface area contributed by atoms with Gasteiger partial charge in [-0.2, -0.15) is 23.5 Å². The van der Waals surface area contributed by atoms with Gasteiger partial charge in [0.05, 0.1) is 10.7 Å². The Balaban J connectivity index is 2.53. The van der Waals surface area contributed by atoms with Gasteiger partial charge in [-0.25, -0.2) is 4.79 Å². The van der Waals surface area contributed by atoms with Crippen LogP contribution in [0.5, 0.6) is 0 Å². The molecule has 0 amide bonds. The average molecular weight is 514 g/mol. The van der Waals surface area contributed by atoms with E-state index in [0.29, 0.717) is 17.8 Å². The van der Waals surface area contributed by atoms with Gasteiger partial charge >= 0.3 is 12.3 Å². The van der Waals surface area contributed by atoms with Crippen molar-refractivity contribution in [1.29, 1.82) is 5.26 Å². The average Bonchev–Trinajstić information content (AvgIpc) is 3.05. The first-order chi connectivity index (χ1) is 16.2. The van der Waals surface area contributed by atoms with Crippen LogP contribution in [-0.2, 0) is 26.2 Å². The number of nitrogens with zero attached hydrogens (tertiary/aromatic N) is 3. The zero-order chi connectivity index (χ0) is 26.6. The van der Waals surface area contributed by atoms with Crippen molar-refractivity contribution < 1.29 is 32.2 Å². The predicted octanol–water partition coefficient (Wildman–Crippen LogP) is 6.63. The van der Waals surface area contributed by atoms with Gasteiger partial charge < -0.3 is 14.2 Å². The summed E-state index contributed by atoms with van der Waals surface area (Å²) in [5.74, 6) is -0.0421. The summed E-state index contributed by atoms with van der Waals surface area (Å²) in [6, 6.07) is 9.35. The number of halogens is 4. The molecule has 1 unspecified atom stereocenters. The van der Waals surface area contributed by atoms with Gasteiger partial charge in [0.15, 0.2) is 12.4 Å². The Morgan fingerprint density at radius 1 is 1.20 bits per heavy atom. The molecule has 0 radical (unpaired) electrons. The zero-order valence-corrected chi connectivity index (χ0v) is 21.0. The molecule has 1 aromatic carbocycles. The molecule has 0 saturated carbocycles. The third kappa shape index (κ3) is 7.39. The number of aryl methyl sites for hydroxylation is 2. The van der Waals surface area contributed by atoms with E-state index in [-0.39, 0.29) is 27.5 Å². The van der Waals surface area contributed by atoms with Gasteiger partial charge in [0, 0.05) is 13.5 Å². The van der Waals surface area contributed by atoms with Crippen LogP contribution in [0.3, 0.4) is 0 Å². The summed E-state index contributed by atoms with van der Waals surface area (Å²) in [5, 5.41) is 14.6. The molecule has 0 bridgehead atoms. The van der Waals surface area contributed by atoms with Crippen LogP contribution >= 0.6 is 11.6 Å². The lowest BCUT2D eigenvalue weighted by atomic mass is 9.86. The molecule has 0 aliphatic heterocycles. The number of carbonyl (C=O) groups is 1. The van der Waals surface area contributed by atoms with Gasteiger partial charge in [0.1, 0.15) is 17.3 Å². The molecule has 1 heterocycles. The van der Waals surface area contributed by atoms with E-state index in [1.54, 1.807) is 19.1 Å². The second kappa shape index (κ2) is 11.0. The predicted molar refractivity (Wildman–Crippen MR) is 124 cm³/mol. The van der Waals surface area contributed by atoms with E-state index in [2.05, 4.69) is 36.7 Å². The van der Waals surface area contributed by atoms with E-state index < -0.39 is 25.2 Å². The third-order valence-electron chi connectivity index (χ3n) is 4.85. The van der Waals surface area contributed by atoms with Crippen molar-refractivity contribution in [3.05, 3.63) is 51.8 Å².